The first-order valence-electron chi connectivity index (χ1n) is 4.61. The largest absolute Gasteiger partial charge is 0.598 e. The van der Waals surface area contributed by atoms with E-state index in [2.05, 4.69) is 9.97 Å². The van der Waals surface area contributed by atoms with Crippen molar-refractivity contribution in [1.82, 2.24) is 13.9 Å². The Balaban J connectivity index is 3.05. The van der Waals surface area contributed by atoms with E-state index in [1.165, 1.54) is 7.94 Å². The summed E-state index contributed by atoms with van der Waals surface area (Å²) in [7, 11) is 0. The van der Waals surface area contributed by atoms with Crippen molar-refractivity contribution in [3.8, 4) is 0 Å². The minimum Gasteiger partial charge on any atom is -0.598 e. The number of imidazole rings is 1. The van der Waals surface area contributed by atoms with E-state index in [0.29, 0.717) is 5.82 Å². The molecule has 0 aliphatic carbocycles. The van der Waals surface area contributed by atoms with Gasteiger partial charge < -0.3 is 33.6 Å². The van der Waals surface area contributed by atoms with Gasteiger partial charge >= 0.3 is 5.69 Å². The van der Waals surface area contributed by atoms with Crippen molar-refractivity contribution in [2.24, 2.45) is 0 Å². The Morgan fingerprint density at radius 3 is 2.50 bits per heavy atom. The lowest BCUT2D eigenvalue weighted by Gasteiger charge is -2.14. The van der Waals surface area contributed by atoms with Gasteiger partial charge in [0.05, 0.1) is 0 Å². The van der Waals surface area contributed by atoms with E-state index in [4.69, 9.17) is 25.6 Å². The molecule has 0 aliphatic heterocycles. The van der Waals surface area contributed by atoms with E-state index in [1.807, 2.05) is 13.8 Å². The molecule has 0 atom stereocenters. The van der Waals surface area contributed by atoms with Crippen LogP contribution in [0.15, 0.2) is 9.59 Å². The van der Waals surface area contributed by atoms with Crippen LogP contribution in [0.3, 0.4) is 0 Å². The van der Waals surface area contributed by atoms with Crippen molar-refractivity contribution in [2.45, 2.75) is 19.8 Å². The Kier molecular flexibility index (Phi) is 2.47. The summed E-state index contributed by atoms with van der Waals surface area (Å²) in [5, 5.41) is 0. The van der Waals surface area contributed by atoms with E-state index < -0.39 is 11.2 Å². The summed E-state index contributed by atoms with van der Waals surface area (Å²) in [6.45, 7) is 3.82. The Bertz CT molecular complexity index is 667. The fourth-order valence-corrected chi connectivity index (χ4v) is 2.52. The second kappa shape index (κ2) is 3.56. The lowest BCUT2D eigenvalue weighted by molar-refractivity contribution is -0.477. The number of nitrogens with one attached hydrogen (secondary N) is 2. The average Bonchev–Trinajstić information content (AvgIpc) is 2.38. The number of hydrogen-bond donors (Lipinski definition) is 2. The Morgan fingerprint density at radius 2 is 1.94 bits per heavy atom. The van der Waals surface area contributed by atoms with Crippen LogP contribution in [-0.2, 0) is 25.6 Å². The molecule has 2 aromatic heterocycles. The average molecular weight is 257 g/mol. The highest BCUT2D eigenvalue weighted by Gasteiger charge is 2.18. The van der Waals surface area contributed by atoms with Gasteiger partial charge in [0.25, 0.3) is 11.2 Å². The first kappa shape index (κ1) is 11.1. The number of H-pyrrole nitrogens is 2. The van der Waals surface area contributed by atoms with Crippen LogP contribution in [0.2, 0.25) is 0 Å². The molecule has 0 saturated heterocycles. The molecule has 0 amide bonds. The molecule has 0 spiro atoms. The number of aromatic amines is 2. The molecular weight excluding hydrogens is 248 g/mol. The molecule has 2 heterocycles. The Labute approximate surface area is 101 Å². The summed E-state index contributed by atoms with van der Waals surface area (Å²) >= 11 is 10.2. The summed E-state index contributed by atoms with van der Waals surface area (Å²) in [4.78, 5) is 27.3. The molecule has 0 bridgehead atoms. The molecule has 2 aromatic rings. The normalized spacial score (nSPS) is 11.4. The van der Waals surface area contributed by atoms with Crippen molar-refractivity contribution in [3.05, 3.63) is 26.7 Å². The SMILES string of the molecule is CC(C)c1n([S-])c2c(=O)[nH]c(=O)[nH]c2[n+]1[S-]. The van der Waals surface area contributed by atoms with E-state index in [1.54, 1.807) is 0 Å². The van der Waals surface area contributed by atoms with Gasteiger partial charge in [-0.1, -0.05) is 13.8 Å². The highest BCUT2D eigenvalue weighted by Crippen LogP contribution is 2.13. The van der Waals surface area contributed by atoms with Gasteiger partial charge in [0.1, 0.15) is 0 Å². The Morgan fingerprint density at radius 1 is 1.31 bits per heavy atom. The van der Waals surface area contributed by atoms with Gasteiger partial charge in [-0.05, 0) is 0 Å². The van der Waals surface area contributed by atoms with Gasteiger partial charge in [0.15, 0.2) is 5.82 Å². The zero-order valence-corrected chi connectivity index (χ0v) is 10.2. The van der Waals surface area contributed by atoms with Gasteiger partial charge in [-0.25, -0.2) is 9.78 Å². The number of rotatable bonds is 1. The third kappa shape index (κ3) is 1.41. The van der Waals surface area contributed by atoms with Crippen molar-refractivity contribution in [1.29, 1.82) is 0 Å². The van der Waals surface area contributed by atoms with Crippen LogP contribution in [0.25, 0.3) is 11.2 Å². The molecule has 8 heteroatoms. The fourth-order valence-electron chi connectivity index (χ4n) is 1.58. The number of aromatic nitrogens is 4. The molecule has 0 unspecified atom stereocenters. The molecule has 0 saturated carbocycles. The number of fused-ring (bicyclic) bond motifs is 1. The van der Waals surface area contributed by atoms with E-state index in [0.717, 1.165) is 0 Å². The summed E-state index contributed by atoms with van der Waals surface area (Å²) < 4.78 is 2.62. The van der Waals surface area contributed by atoms with Gasteiger partial charge in [-0.3, -0.25) is 9.78 Å². The van der Waals surface area contributed by atoms with Crippen LogP contribution < -0.4 is 15.2 Å². The number of hydrogen-bond acceptors (Lipinski definition) is 4. The predicted octanol–water partition coefficient (Wildman–Crippen LogP) is -0.951. The minimum absolute atomic E-state index is 0.0605. The van der Waals surface area contributed by atoms with Crippen LogP contribution in [0.4, 0.5) is 0 Å². The van der Waals surface area contributed by atoms with Crippen molar-refractivity contribution in [3.63, 3.8) is 0 Å². The molecule has 2 rings (SSSR count). The second-order valence-electron chi connectivity index (χ2n) is 3.71. The summed E-state index contributed by atoms with van der Waals surface area (Å²) in [6, 6.07) is 0. The van der Waals surface area contributed by atoms with Gasteiger partial charge in [-0.15, -0.1) is 0 Å². The van der Waals surface area contributed by atoms with Crippen LogP contribution in [0.1, 0.15) is 25.6 Å². The maximum absolute atomic E-state index is 11.6. The Hall–Kier alpha value is -1.41. The zero-order valence-electron chi connectivity index (χ0n) is 8.60. The molecule has 2 N–H and O–H groups in total. The van der Waals surface area contributed by atoms with E-state index >= 15 is 0 Å². The smallest absolute Gasteiger partial charge is 0.384 e. The maximum atomic E-state index is 11.6. The summed E-state index contributed by atoms with van der Waals surface area (Å²) in [5.41, 5.74) is -0.651. The number of nitrogens with zero attached hydrogens (tertiary/aromatic N) is 2. The molecule has 0 aromatic carbocycles. The van der Waals surface area contributed by atoms with Crippen molar-refractivity contribution in [2.75, 3.05) is 0 Å². The molecule has 86 valence electrons. The van der Waals surface area contributed by atoms with Gasteiger partial charge in [-0.2, -0.15) is 0 Å². The second-order valence-corrected chi connectivity index (χ2v) is 4.44. The topological polar surface area (TPSA) is 74.5 Å². The first-order valence-corrected chi connectivity index (χ1v) is 5.34. The third-order valence-electron chi connectivity index (χ3n) is 2.24. The first-order chi connectivity index (χ1) is 7.43. The molecule has 16 heavy (non-hydrogen) atoms. The molecule has 0 radical (unpaired) electrons. The fraction of sp³-hybridized carbons (Fsp3) is 0.375. The lowest BCUT2D eigenvalue weighted by Crippen LogP contribution is -2.34. The van der Waals surface area contributed by atoms with Crippen molar-refractivity contribution >= 4 is 36.8 Å². The van der Waals surface area contributed by atoms with Crippen LogP contribution in [0.5, 0.6) is 0 Å². The lowest BCUT2D eigenvalue weighted by atomic mass is 10.2. The third-order valence-corrected chi connectivity index (χ3v) is 2.98. The van der Waals surface area contributed by atoms with E-state index in [-0.39, 0.29) is 17.1 Å². The van der Waals surface area contributed by atoms with Crippen LogP contribution in [-0.4, -0.2) is 13.9 Å². The standard InChI is InChI=1S/C8H9N4O2S2/c1-3(2)7-11(15)4-5(12(7)16)9-8(14)10-6(4)13/h3H,1-2H3,(H2,9,10,13,14)/q-1. The van der Waals surface area contributed by atoms with Gasteiger partial charge in [0.2, 0.25) is 5.52 Å². The highest BCUT2D eigenvalue weighted by atomic mass is 32.1. The van der Waals surface area contributed by atoms with Gasteiger partial charge in [0, 0.05) is 5.92 Å². The minimum atomic E-state index is -0.591. The zero-order chi connectivity index (χ0) is 12.0. The monoisotopic (exact) mass is 257 g/mol. The molecular formula is C8H9N4O2S2-. The highest BCUT2D eigenvalue weighted by molar-refractivity contribution is 7.57. The van der Waals surface area contributed by atoms with E-state index in [9.17, 15) is 9.59 Å². The summed E-state index contributed by atoms with van der Waals surface area (Å²) in [5.74, 6) is 0.678. The van der Waals surface area contributed by atoms with Crippen LogP contribution >= 0.6 is 0 Å². The molecule has 6 nitrogen and oxygen atoms in total. The quantitative estimate of drug-likeness (QED) is 0.510. The molecule has 0 fully saturated rings. The molecule has 0 aliphatic rings. The maximum Gasteiger partial charge on any atom is 0.384 e. The van der Waals surface area contributed by atoms with Crippen molar-refractivity contribution < 1.29 is 3.97 Å². The van der Waals surface area contributed by atoms with Crippen LogP contribution in [0, 0.1) is 0 Å². The summed E-state index contributed by atoms with van der Waals surface area (Å²) in [6.07, 6.45) is 0. The predicted molar refractivity (Wildman–Crippen MR) is 63.0 cm³/mol.